The molecule has 4 aromatic rings. The van der Waals surface area contributed by atoms with E-state index in [1.807, 2.05) is 18.2 Å². The van der Waals surface area contributed by atoms with Crippen LogP contribution in [0, 0.1) is 16.7 Å². The number of amides is 1. The average molecular weight is 460 g/mol. The zero-order chi connectivity index (χ0) is 21.1. The zero-order valence-corrected chi connectivity index (χ0v) is 16.8. The van der Waals surface area contributed by atoms with E-state index in [0.717, 1.165) is 0 Å². The number of anilines is 1. The molecule has 2 N–H and O–H groups in total. The Balaban J connectivity index is 1.79. The van der Waals surface area contributed by atoms with Crippen molar-refractivity contribution >= 4 is 50.0 Å². The van der Waals surface area contributed by atoms with E-state index in [0.29, 0.717) is 27.2 Å². The normalized spacial score (nSPS) is 10.3. The van der Waals surface area contributed by atoms with Gasteiger partial charge in [-0.1, -0.05) is 12.1 Å². The molecule has 0 aliphatic rings. The molecule has 0 unspecified atom stereocenters. The third kappa shape index (κ3) is 3.73. The number of pyridine rings is 1. The van der Waals surface area contributed by atoms with Crippen LogP contribution in [-0.4, -0.2) is 21.7 Å². The van der Waals surface area contributed by atoms with Crippen molar-refractivity contribution in [3.05, 3.63) is 77.0 Å². The lowest BCUT2D eigenvalue weighted by Crippen LogP contribution is -2.33. The van der Waals surface area contributed by atoms with E-state index in [4.69, 9.17) is 9.83 Å². The van der Waals surface area contributed by atoms with Crippen molar-refractivity contribution < 1.29 is 13.8 Å². The van der Waals surface area contributed by atoms with Gasteiger partial charge in [0, 0.05) is 0 Å². The van der Waals surface area contributed by atoms with E-state index in [1.165, 1.54) is 0 Å². The first-order valence-electron chi connectivity index (χ1n) is 8.64. The fraction of sp³-hybridized carbons (Fsp3) is 0. The lowest BCUT2D eigenvalue weighted by Gasteiger charge is -2.06. The van der Waals surface area contributed by atoms with Gasteiger partial charge in [-0.2, -0.15) is 9.83 Å². The fourth-order valence-electron chi connectivity index (χ4n) is 2.79. The molecule has 0 spiro atoms. The number of fused-ring (bicyclic) bond motifs is 1. The van der Waals surface area contributed by atoms with Crippen molar-refractivity contribution in [3.63, 3.8) is 0 Å². The molecule has 0 bridgehead atoms. The first-order valence-corrected chi connectivity index (χ1v) is 9.43. The molecule has 0 atom stereocenters. The number of hydrogen-bond acceptors (Lipinski definition) is 6. The minimum Gasteiger partial charge on any atom is -0.444 e. The quantitative estimate of drug-likeness (QED) is 0.274. The Bertz CT molecular complexity index is 1380. The molecule has 0 radical (unpaired) electrons. The van der Waals surface area contributed by atoms with Crippen LogP contribution in [0.1, 0.15) is 16.2 Å². The summed E-state index contributed by atoms with van der Waals surface area (Å²) < 4.78 is 7.34. The van der Waals surface area contributed by atoms with Crippen LogP contribution in [0.5, 0.6) is 0 Å². The Hall–Kier alpha value is -4.12. The number of rotatable bonds is 4. The number of carbonyl (C=O) groups excluding carboxylic acids is 1. The van der Waals surface area contributed by atoms with Crippen LogP contribution in [0.25, 0.3) is 22.4 Å². The van der Waals surface area contributed by atoms with E-state index >= 15 is 0 Å². The van der Waals surface area contributed by atoms with E-state index in [9.17, 15) is 10.1 Å². The molecule has 3 heterocycles. The molecule has 0 aliphatic carbocycles. The molecule has 1 amide bonds. The Labute approximate surface area is 178 Å². The number of hydrogen-bond donors (Lipinski definition) is 2. The highest BCUT2D eigenvalue weighted by Gasteiger charge is 2.23. The van der Waals surface area contributed by atoms with Crippen molar-refractivity contribution in [2.24, 2.45) is 0 Å². The lowest BCUT2D eigenvalue weighted by atomic mass is 10.2. The lowest BCUT2D eigenvalue weighted by molar-refractivity contribution is -0.599. The molecular formula is C21H12BrN6O2+. The number of nitrogens with zero attached hydrogens (tertiary/aromatic N) is 4. The summed E-state index contributed by atoms with van der Waals surface area (Å²) in [5.74, 6) is 2.19. The summed E-state index contributed by atoms with van der Waals surface area (Å²) in [5, 5.41) is 19.6. The standard InChI is InChI=1S/C21H11BrN6O2/c22-18-8-7-17(30-18)21(29)25-14-4-3-9-28(12-14)20-19(13(10-23)11-24)26-15-5-1-2-6-16(15)27-20/h1-9,12,23H/p+1. The number of nitriles is 1. The summed E-state index contributed by atoms with van der Waals surface area (Å²) in [7, 11) is 0. The second-order valence-corrected chi connectivity index (χ2v) is 6.84. The second kappa shape index (κ2) is 8.09. The van der Waals surface area contributed by atoms with Gasteiger partial charge in [-0.15, -0.1) is 0 Å². The topological polar surface area (TPSA) is 120 Å². The molecule has 4 rings (SSSR count). The number of furan rings is 1. The smallest absolute Gasteiger partial charge is 0.356 e. The van der Waals surface area contributed by atoms with Crippen molar-refractivity contribution in [3.8, 4) is 11.9 Å². The van der Waals surface area contributed by atoms with Gasteiger partial charge in [-0.25, -0.2) is 4.98 Å². The molecule has 0 fully saturated rings. The summed E-state index contributed by atoms with van der Waals surface area (Å²) in [6.45, 7) is 0. The van der Waals surface area contributed by atoms with Gasteiger partial charge < -0.3 is 9.73 Å². The van der Waals surface area contributed by atoms with E-state index in [-0.39, 0.29) is 17.0 Å². The molecule has 0 saturated heterocycles. The van der Waals surface area contributed by atoms with Gasteiger partial charge in [0.25, 0.3) is 5.91 Å². The number of carbonyl (C=O) groups is 1. The van der Waals surface area contributed by atoms with Gasteiger partial charge in [0.2, 0.25) is 5.52 Å². The van der Waals surface area contributed by atoms with Crippen LogP contribution in [0.4, 0.5) is 5.69 Å². The van der Waals surface area contributed by atoms with E-state index < -0.39 is 5.91 Å². The van der Waals surface area contributed by atoms with Crippen molar-refractivity contribution in [2.45, 2.75) is 0 Å². The summed E-state index contributed by atoms with van der Waals surface area (Å²) in [4.78, 5) is 21.5. The predicted octanol–water partition coefficient (Wildman–Crippen LogP) is 3.67. The summed E-state index contributed by atoms with van der Waals surface area (Å²) >= 11 is 3.17. The van der Waals surface area contributed by atoms with Crippen molar-refractivity contribution in [2.75, 3.05) is 5.32 Å². The Kier molecular flexibility index (Phi) is 5.18. The number of halogens is 1. The SMILES string of the molecule is N#CC(=C=N)c1nc2ccccc2nc1-[n+]1cccc(NC(=O)c2ccc(Br)o2)c1. The summed E-state index contributed by atoms with van der Waals surface area (Å²) in [5.41, 5.74) is 1.86. The maximum Gasteiger partial charge on any atom is 0.356 e. The zero-order valence-electron chi connectivity index (χ0n) is 15.3. The minimum atomic E-state index is -0.416. The van der Waals surface area contributed by atoms with Gasteiger partial charge in [-0.3, -0.25) is 10.2 Å². The second-order valence-electron chi connectivity index (χ2n) is 6.05. The maximum atomic E-state index is 12.4. The van der Waals surface area contributed by atoms with Crippen LogP contribution in [0.2, 0.25) is 0 Å². The molecule has 3 aromatic heterocycles. The largest absolute Gasteiger partial charge is 0.444 e. The highest BCUT2D eigenvalue weighted by molar-refractivity contribution is 9.10. The molecule has 9 heteroatoms. The van der Waals surface area contributed by atoms with Crippen LogP contribution in [0.15, 0.2) is 70.0 Å². The van der Waals surface area contributed by atoms with E-state index in [1.54, 1.807) is 53.4 Å². The Morgan fingerprint density at radius 3 is 2.57 bits per heavy atom. The number of para-hydroxylation sites is 2. The molecule has 8 nitrogen and oxygen atoms in total. The number of allylic oxidation sites excluding steroid dienone is 1. The monoisotopic (exact) mass is 459 g/mol. The molecule has 0 aliphatic heterocycles. The van der Waals surface area contributed by atoms with Gasteiger partial charge in [0.15, 0.2) is 16.1 Å². The molecule has 0 saturated carbocycles. The van der Waals surface area contributed by atoms with Crippen LogP contribution in [-0.2, 0) is 0 Å². The highest BCUT2D eigenvalue weighted by atomic mass is 79.9. The van der Waals surface area contributed by atoms with Gasteiger partial charge in [0.1, 0.15) is 23.4 Å². The maximum absolute atomic E-state index is 12.4. The molecular weight excluding hydrogens is 448 g/mol. The molecule has 144 valence electrons. The van der Waals surface area contributed by atoms with Crippen molar-refractivity contribution in [1.29, 1.82) is 10.7 Å². The van der Waals surface area contributed by atoms with Gasteiger partial charge in [0.05, 0.1) is 11.9 Å². The third-order valence-electron chi connectivity index (χ3n) is 4.13. The van der Waals surface area contributed by atoms with Crippen molar-refractivity contribution in [1.82, 2.24) is 9.97 Å². The fourth-order valence-corrected chi connectivity index (χ4v) is 3.10. The molecule has 1 aromatic carbocycles. The number of nitrogens with one attached hydrogen (secondary N) is 2. The third-order valence-corrected chi connectivity index (χ3v) is 4.55. The van der Waals surface area contributed by atoms with Gasteiger partial charge in [-0.05, 0) is 63.2 Å². The summed E-state index contributed by atoms with van der Waals surface area (Å²) in [6.07, 6.45) is 3.34. The number of aromatic nitrogens is 3. The Morgan fingerprint density at radius 1 is 1.13 bits per heavy atom. The average Bonchev–Trinajstić information content (AvgIpc) is 3.21. The van der Waals surface area contributed by atoms with Crippen LogP contribution in [0.3, 0.4) is 0 Å². The summed E-state index contributed by atoms with van der Waals surface area (Å²) in [6, 6.07) is 15.8. The predicted molar refractivity (Wildman–Crippen MR) is 112 cm³/mol. The van der Waals surface area contributed by atoms with Crippen LogP contribution >= 0.6 is 15.9 Å². The highest BCUT2D eigenvalue weighted by Crippen LogP contribution is 2.19. The molecule has 30 heavy (non-hydrogen) atoms. The Morgan fingerprint density at radius 2 is 1.90 bits per heavy atom. The van der Waals surface area contributed by atoms with Gasteiger partial charge >= 0.3 is 5.82 Å². The first kappa shape index (κ1) is 19.2. The minimum absolute atomic E-state index is 0.0503. The van der Waals surface area contributed by atoms with Crippen LogP contribution < -0.4 is 9.88 Å². The van der Waals surface area contributed by atoms with E-state index in [2.05, 4.69) is 37.1 Å². The first-order chi connectivity index (χ1) is 14.6. The number of benzene rings is 1.